The molecule has 2 rings (SSSR count). The maximum absolute atomic E-state index is 12.2. The first kappa shape index (κ1) is 18.9. The van der Waals surface area contributed by atoms with Gasteiger partial charge in [-0.15, -0.1) is 5.10 Å². The number of hydrogen-bond acceptors (Lipinski definition) is 5. The van der Waals surface area contributed by atoms with E-state index in [1.54, 1.807) is 4.68 Å². The zero-order chi connectivity index (χ0) is 18.2. The summed E-state index contributed by atoms with van der Waals surface area (Å²) in [6, 6.07) is 7.57. The van der Waals surface area contributed by atoms with Crippen molar-refractivity contribution in [3.63, 3.8) is 0 Å². The number of hydrogen-bond donors (Lipinski definition) is 2. The van der Waals surface area contributed by atoms with E-state index in [4.69, 9.17) is 4.74 Å². The van der Waals surface area contributed by atoms with Crippen molar-refractivity contribution in [1.29, 1.82) is 0 Å². The van der Waals surface area contributed by atoms with Crippen molar-refractivity contribution in [2.45, 2.75) is 40.2 Å². The summed E-state index contributed by atoms with van der Waals surface area (Å²) in [5.74, 6) is 0.593. The van der Waals surface area contributed by atoms with Crippen LogP contribution < -0.4 is 15.4 Å². The number of ether oxygens (including phenoxy) is 1. The number of nitrogens with zero attached hydrogens (tertiary/aromatic N) is 3. The molecule has 0 atom stereocenters. The van der Waals surface area contributed by atoms with Gasteiger partial charge in [-0.3, -0.25) is 4.79 Å². The molecule has 25 heavy (non-hydrogen) atoms. The molecule has 1 amide bonds. The standard InChI is InChI=1S/C18H27N5O2/c1-5-10-19-11-12-20-18(24)17-14(4)23(22-21-17)15-6-8-16(9-7-15)25-13(2)3/h6-9,13,19H,5,10-12H2,1-4H3,(H,20,24). The van der Waals surface area contributed by atoms with Crippen molar-refractivity contribution < 1.29 is 9.53 Å². The number of rotatable bonds is 9. The fourth-order valence-electron chi connectivity index (χ4n) is 2.37. The minimum absolute atomic E-state index is 0.126. The van der Waals surface area contributed by atoms with Crippen LogP contribution in [0.3, 0.4) is 0 Å². The summed E-state index contributed by atoms with van der Waals surface area (Å²) in [7, 11) is 0. The molecule has 2 N–H and O–H groups in total. The van der Waals surface area contributed by atoms with Crippen LogP contribution in [0.25, 0.3) is 5.69 Å². The van der Waals surface area contributed by atoms with Crippen molar-refractivity contribution in [2.75, 3.05) is 19.6 Å². The van der Waals surface area contributed by atoms with Crippen LogP contribution in [0, 0.1) is 6.92 Å². The van der Waals surface area contributed by atoms with E-state index < -0.39 is 0 Å². The molecule has 0 aliphatic carbocycles. The summed E-state index contributed by atoms with van der Waals surface area (Å²) in [6.45, 7) is 10.2. The first-order chi connectivity index (χ1) is 12.0. The molecule has 0 saturated carbocycles. The second-order valence-corrected chi connectivity index (χ2v) is 6.10. The van der Waals surface area contributed by atoms with Gasteiger partial charge in [0.05, 0.1) is 17.5 Å². The number of nitrogens with one attached hydrogen (secondary N) is 2. The first-order valence-corrected chi connectivity index (χ1v) is 8.71. The van der Waals surface area contributed by atoms with Crippen molar-refractivity contribution in [2.24, 2.45) is 0 Å². The molecular weight excluding hydrogens is 318 g/mol. The lowest BCUT2D eigenvalue weighted by molar-refractivity contribution is 0.0948. The Balaban J connectivity index is 2.01. The van der Waals surface area contributed by atoms with Gasteiger partial charge in [0.2, 0.25) is 0 Å². The lowest BCUT2D eigenvalue weighted by Crippen LogP contribution is -2.32. The molecule has 2 aromatic rings. The molecular formula is C18H27N5O2. The van der Waals surface area contributed by atoms with Crippen molar-refractivity contribution in [3.8, 4) is 11.4 Å². The first-order valence-electron chi connectivity index (χ1n) is 8.71. The molecule has 0 radical (unpaired) electrons. The largest absolute Gasteiger partial charge is 0.491 e. The molecule has 1 aromatic carbocycles. The molecule has 0 unspecified atom stereocenters. The van der Waals surface area contributed by atoms with Gasteiger partial charge in [0, 0.05) is 13.1 Å². The highest BCUT2D eigenvalue weighted by Crippen LogP contribution is 2.18. The third-order valence-corrected chi connectivity index (χ3v) is 3.58. The van der Waals surface area contributed by atoms with Gasteiger partial charge in [0.1, 0.15) is 5.75 Å². The molecule has 0 aliphatic rings. The monoisotopic (exact) mass is 345 g/mol. The molecule has 136 valence electrons. The van der Waals surface area contributed by atoms with Gasteiger partial charge in [-0.1, -0.05) is 12.1 Å². The second-order valence-electron chi connectivity index (χ2n) is 6.10. The van der Waals surface area contributed by atoms with E-state index in [0.29, 0.717) is 17.9 Å². The summed E-state index contributed by atoms with van der Waals surface area (Å²) >= 11 is 0. The summed E-state index contributed by atoms with van der Waals surface area (Å²) in [4.78, 5) is 12.2. The van der Waals surface area contributed by atoms with Crippen molar-refractivity contribution >= 4 is 5.91 Å². The Morgan fingerprint density at radius 2 is 1.92 bits per heavy atom. The zero-order valence-corrected chi connectivity index (χ0v) is 15.4. The Labute approximate surface area is 148 Å². The molecule has 1 aromatic heterocycles. The van der Waals surface area contributed by atoms with Crippen LogP contribution in [0.2, 0.25) is 0 Å². The van der Waals surface area contributed by atoms with Crippen LogP contribution in [0.5, 0.6) is 5.75 Å². The molecule has 0 spiro atoms. The summed E-state index contributed by atoms with van der Waals surface area (Å²) in [5, 5.41) is 14.2. The highest BCUT2D eigenvalue weighted by atomic mass is 16.5. The van der Waals surface area contributed by atoms with Gasteiger partial charge in [-0.05, 0) is 58.0 Å². The highest BCUT2D eigenvalue weighted by molar-refractivity contribution is 5.93. The highest BCUT2D eigenvalue weighted by Gasteiger charge is 2.16. The maximum atomic E-state index is 12.2. The zero-order valence-electron chi connectivity index (χ0n) is 15.4. The Kier molecular flexibility index (Phi) is 6.94. The molecule has 1 heterocycles. The van der Waals surface area contributed by atoms with E-state index in [0.717, 1.165) is 30.9 Å². The summed E-state index contributed by atoms with van der Waals surface area (Å²) < 4.78 is 7.29. The number of amides is 1. The van der Waals surface area contributed by atoms with Gasteiger partial charge in [0.25, 0.3) is 5.91 Å². The lowest BCUT2D eigenvalue weighted by Gasteiger charge is -2.10. The smallest absolute Gasteiger partial charge is 0.273 e. The predicted molar refractivity (Wildman–Crippen MR) is 97.4 cm³/mol. The van der Waals surface area contributed by atoms with Crippen LogP contribution in [-0.2, 0) is 0 Å². The quantitative estimate of drug-likeness (QED) is 0.680. The second kappa shape index (κ2) is 9.17. The third-order valence-electron chi connectivity index (χ3n) is 3.58. The normalized spacial score (nSPS) is 10.9. The number of carbonyl (C=O) groups excluding carboxylic acids is 1. The van der Waals surface area contributed by atoms with Crippen LogP contribution in [0.1, 0.15) is 43.4 Å². The van der Waals surface area contributed by atoms with E-state index in [-0.39, 0.29) is 12.0 Å². The van der Waals surface area contributed by atoms with Gasteiger partial charge < -0.3 is 15.4 Å². The molecule has 7 heteroatoms. The van der Waals surface area contributed by atoms with E-state index in [9.17, 15) is 4.79 Å². The number of carbonyl (C=O) groups is 1. The van der Waals surface area contributed by atoms with Crippen LogP contribution >= 0.6 is 0 Å². The Morgan fingerprint density at radius 3 is 2.56 bits per heavy atom. The molecule has 0 aliphatic heterocycles. The average molecular weight is 345 g/mol. The van der Waals surface area contributed by atoms with Gasteiger partial charge in [0.15, 0.2) is 5.69 Å². The van der Waals surface area contributed by atoms with Crippen molar-refractivity contribution in [1.82, 2.24) is 25.6 Å². The van der Waals surface area contributed by atoms with Crippen LogP contribution in [-0.4, -0.2) is 46.6 Å². The summed E-state index contributed by atoms with van der Waals surface area (Å²) in [6.07, 6.45) is 1.20. The maximum Gasteiger partial charge on any atom is 0.273 e. The van der Waals surface area contributed by atoms with Crippen LogP contribution in [0.15, 0.2) is 24.3 Å². The Morgan fingerprint density at radius 1 is 1.20 bits per heavy atom. The minimum atomic E-state index is -0.207. The van der Waals surface area contributed by atoms with E-state index >= 15 is 0 Å². The third kappa shape index (κ3) is 5.29. The Bertz CT molecular complexity index is 679. The SMILES string of the molecule is CCCNCCNC(=O)c1nnn(-c2ccc(OC(C)C)cc2)c1C. The van der Waals surface area contributed by atoms with E-state index in [2.05, 4.69) is 27.9 Å². The molecule has 0 bridgehead atoms. The topological polar surface area (TPSA) is 81.1 Å². The van der Waals surface area contributed by atoms with Gasteiger partial charge >= 0.3 is 0 Å². The average Bonchev–Trinajstić information content (AvgIpc) is 2.96. The molecule has 0 fully saturated rings. The summed E-state index contributed by atoms with van der Waals surface area (Å²) in [5.41, 5.74) is 1.89. The molecule has 0 saturated heterocycles. The number of aromatic nitrogens is 3. The van der Waals surface area contributed by atoms with E-state index in [1.165, 1.54) is 0 Å². The van der Waals surface area contributed by atoms with Crippen molar-refractivity contribution in [3.05, 3.63) is 35.7 Å². The fraction of sp³-hybridized carbons (Fsp3) is 0.500. The minimum Gasteiger partial charge on any atom is -0.491 e. The molecule has 7 nitrogen and oxygen atoms in total. The lowest BCUT2D eigenvalue weighted by atomic mass is 10.2. The number of benzene rings is 1. The predicted octanol–water partition coefficient (Wildman–Crippen LogP) is 2.09. The van der Waals surface area contributed by atoms with E-state index in [1.807, 2.05) is 45.0 Å². The fourth-order valence-corrected chi connectivity index (χ4v) is 2.37. The van der Waals surface area contributed by atoms with Gasteiger partial charge in [-0.25, -0.2) is 4.68 Å². The Hall–Kier alpha value is -2.41. The van der Waals surface area contributed by atoms with Crippen LogP contribution in [0.4, 0.5) is 0 Å². The van der Waals surface area contributed by atoms with Gasteiger partial charge in [-0.2, -0.15) is 0 Å².